The number of carbonyl (C=O) groups excluding carboxylic acids is 1. The number of carbonyl (C=O) groups is 1. The largest absolute Gasteiger partial charge is 0.323 e. The van der Waals surface area contributed by atoms with Gasteiger partial charge >= 0.3 is 0 Å². The van der Waals surface area contributed by atoms with Gasteiger partial charge in [-0.3, -0.25) is 4.79 Å². The first-order valence-electron chi connectivity index (χ1n) is 8.85. The fourth-order valence-electron chi connectivity index (χ4n) is 3.20. The van der Waals surface area contributed by atoms with Crippen LogP contribution in [0.15, 0.2) is 36.4 Å². The van der Waals surface area contributed by atoms with Crippen LogP contribution in [0.3, 0.4) is 0 Å². The van der Waals surface area contributed by atoms with Crippen molar-refractivity contribution in [2.75, 3.05) is 11.9 Å². The number of hydrogen-bond acceptors (Lipinski definition) is 2. The molecule has 0 unspecified atom stereocenters. The molecule has 0 saturated heterocycles. The number of amides is 1. The molecule has 3 nitrogen and oxygen atoms in total. The molecule has 3 rings (SSSR count). The molecule has 1 amide bonds. The Morgan fingerprint density at radius 2 is 1.92 bits per heavy atom. The number of benzene rings is 2. The summed E-state index contributed by atoms with van der Waals surface area (Å²) in [6.07, 6.45) is 1.61. The zero-order valence-corrected chi connectivity index (χ0v) is 15.1. The Morgan fingerprint density at radius 3 is 2.60 bits per heavy atom. The van der Waals surface area contributed by atoms with E-state index in [4.69, 9.17) is 0 Å². The van der Waals surface area contributed by atoms with Crippen LogP contribution in [0.25, 0.3) is 0 Å². The van der Waals surface area contributed by atoms with Crippen molar-refractivity contribution in [2.45, 2.75) is 45.6 Å². The maximum absolute atomic E-state index is 14.8. The molecule has 1 aliphatic heterocycles. The van der Waals surface area contributed by atoms with Gasteiger partial charge in [0, 0.05) is 6.54 Å². The smallest absolute Gasteiger partial charge is 0.234 e. The number of halogens is 1. The van der Waals surface area contributed by atoms with E-state index in [0.29, 0.717) is 18.5 Å². The van der Waals surface area contributed by atoms with Crippen LogP contribution in [0.1, 0.15) is 43.0 Å². The van der Waals surface area contributed by atoms with Crippen LogP contribution in [-0.4, -0.2) is 12.5 Å². The molecule has 2 N–H and O–H groups in total. The van der Waals surface area contributed by atoms with Gasteiger partial charge in [0.1, 0.15) is 5.82 Å². The Balaban J connectivity index is 1.83. The van der Waals surface area contributed by atoms with E-state index >= 15 is 0 Å². The van der Waals surface area contributed by atoms with Gasteiger partial charge in [-0.15, -0.1) is 0 Å². The molecule has 0 radical (unpaired) electrons. The van der Waals surface area contributed by atoms with Crippen molar-refractivity contribution in [2.24, 2.45) is 0 Å². The van der Waals surface area contributed by atoms with E-state index in [1.807, 2.05) is 44.2 Å². The van der Waals surface area contributed by atoms with Crippen LogP contribution in [0.2, 0.25) is 0 Å². The topological polar surface area (TPSA) is 41.1 Å². The first kappa shape index (κ1) is 17.6. The van der Waals surface area contributed by atoms with E-state index in [1.165, 1.54) is 5.56 Å². The zero-order valence-electron chi connectivity index (χ0n) is 15.1. The monoisotopic (exact) mass is 340 g/mol. The summed E-state index contributed by atoms with van der Waals surface area (Å²) in [6, 6.07) is 11.6. The quantitative estimate of drug-likeness (QED) is 0.885. The summed E-state index contributed by atoms with van der Waals surface area (Å²) in [6.45, 7) is 7.26. The van der Waals surface area contributed by atoms with E-state index in [0.717, 1.165) is 24.1 Å². The summed E-state index contributed by atoms with van der Waals surface area (Å²) in [4.78, 5) is 12.8. The van der Waals surface area contributed by atoms with Gasteiger partial charge in [-0.05, 0) is 61.6 Å². The highest BCUT2D eigenvalue weighted by Gasteiger charge is 2.30. The van der Waals surface area contributed by atoms with E-state index in [2.05, 4.69) is 17.6 Å². The van der Waals surface area contributed by atoms with Gasteiger partial charge in [0.25, 0.3) is 0 Å². The average molecular weight is 340 g/mol. The minimum atomic E-state index is -0.740. The molecule has 0 bridgehead atoms. The Kier molecular flexibility index (Phi) is 4.91. The minimum absolute atomic E-state index is 0.204. The molecule has 0 fully saturated rings. The van der Waals surface area contributed by atoms with Gasteiger partial charge in [0.05, 0.1) is 11.1 Å². The van der Waals surface area contributed by atoms with Gasteiger partial charge in [-0.1, -0.05) is 37.3 Å². The fourth-order valence-corrected chi connectivity index (χ4v) is 3.20. The van der Waals surface area contributed by atoms with E-state index in [9.17, 15) is 9.18 Å². The lowest BCUT2D eigenvalue weighted by Crippen LogP contribution is -2.35. The first-order valence-corrected chi connectivity index (χ1v) is 8.85. The zero-order chi connectivity index (χ0) is 18.0. The molecular formula is C21H25FN2O. The fraction of sp³-hybridized carbons (Fsp3) is 0.381. The van der Waals surface area contributed by atoms with Gasteiger partial charge in [0.2, 0.25) is 5.91 Å². The van der Waals surface area contributed by atoms with Crippen LogP contribution in [0.4, 0.5) is 10.1 Å². The van der Waals surface area contributed by atoms with Crippen molar-refractivity contribution in [3.63, 3.8) is 0 Å². The predicted molar refractivity (Wildman–Crippen MR) is 99.3 cm³/mol. The summed E-state index contributed by atoms with van der Waals surface area (Å²) < 4.78 is 14.8. The highest BCUT2D eigenvalue weighted by atomic mass is 19.1. The van der Waals surface area contributed by atoms with Gasteiger partial charge in [-0.25, -0.2) is 4.39 Å². The number of anilines is 1. The molecule has 25 heavy (non-hydrogen) atoms. The standard InChI is InChI=1S/C21H25FN2O/c1-4-14-5-8-16(9-6-14)21(2,3)20(25)24-18-10-7-15-13-23-12-11-17(15)19(18)22/h5-10,23H,4,11-13H2,1-3H3,(H,24,25). The normalized spacial score (nSPS) is 14.1. The van der Waals surface area contributed by atoms with Crippen molar-refractivity contribution in [3.8, 4) is 0 Å². The Labute approximate surface area is 148 Å². The summed E-state index contributed by atoms with van der Waals surface area (Å²) in [7, 11) is 0. The molecule has 2 aromatic rings. The third-order valence-corrected chi connectivity index (χ3v) is 5.11. The molecule has 1 heterocycles. The van der Waals surface area contributed by atoms with E-state index in [-0.39, 0.29) is 17.4 Å². The van der Waals surface area contributed by atoms with Crippen molar-refractivity contribution in [1.82, 2.24) is 5.32 Å². The van der Waals surface area contributed by atoms with Gasteiger partial charge in [-0.2, -0.15) is 0 Å². The van der Waals surface area contributed by atoms with Crippen molar-refractivity contribution < 1.29 is 9.18 Å². The number of fused-ring (bicyclic) bond motifs is 1. The molecule has 2 aromatic carbocycles. The summed E-state index contributed by atoms with van der Waals surface area (Å²) in [5.41, 5.74) is 3.36. The molecule has 1 aliphatic rings. The van der Waals surface area contributed by atoms with Crippen LogP contribution in [0, 0.1) is 5.82 Å². The lowest BCUT2D eigenvalue weighted by molar-refractivity contribution is -0.120. The van der Waals surface area contributed by atoms with E-state index in [1.54, 1.807) is 6.07 Å². The van der Waals surface area contributed by atoms with Crippen molar-refractivity contribution >= 4 is 11.6 Å². The third kappa shape index (κ3) is 3.45. The van der Waals surface area contributed by atoms with Crippen LogP contribution in [0.5, 0.6) is 0 Å². The Hall–Kier alpha value is -2.20. The molecule has 0 aliphatic carbocycles. The Bertz CT molecular complexity index is 781. The number of rotatable bonds is 4. The number of nitrogens with one attached hydrogen (secondary N) is 2. The third-order valence-electron chi connectivity index (χ3n) is 5.11. The second-order valence-electron chi connectivity index (χ2n) is 7.12. The highest BCUT2D eigenvalue weighted by Crippen LogP contribution is 2.29. The SMILES string of the molecule is CCc1ccc(C(C)(C)C(=O)Nc2ccc3c(c2F)CCNC3)cc1. The number of aryl methyl sites for hydroxylation is 1. The molecule has 4 heteroatoms. The molecule has 0 saturated carbocycles. The van der Waals surface area contributed by atoms with Crippen LogP contribution >= 0.6 is 0 Å². The molecular weight excluding hydrogens is 315 g/mol. The van der Waals surface area contributed by atoms with E-state index < -0.39 is 5.41 Å². The summed E-state index contributed by atoms with van der Waals surface area (Å²) in [5, 5.41) is 6.02. The maximum Gasteiger partial charge on any atom is 0.234 e. The Morgan fingerprint density at radius 1 is 1.20 bits per heavy atom. The lowest BCUT2D eigenvalue weighted by Gasteiger charge is -2.25. The molecule has 0 atom stereocenters. The van der Waals surface area contributed by atoms with Crippen LogP contribution < -0.4 is 10.6 Å². The minimum Gasteiger partial charge on any atom is -0.323 e. The number of hydrogen-bond donors (Lipinski definition) is 2. The second kappa shape index (κ2) is 6.96. The van der Waals surface area contributed by atoms with Crippen molar-refractivity contribution in [1.29, 1.82) is 0 Å². The molecule has 0 spiro atoms. The first-order chi connectivity index (χ1) is 11.9. The lowest BCUT2D eigenvalue weighted by atomic mass is 9.83. The van der Waals surface area contributed by atoms with Gasteiger partial charge in [0.15, 0.2) is 0 Å². The second-order valence-corrected chi connectivity index (χ2v) is 7.12. The summed E-state index contributed by atoms with van der Waals surface area (Å²) in [5.74, 6) is -0.506. The van der Waals surface area contributed by atoms with Crippen LogP contribution in [-0.2, 0) is 29.6 Å². The molecule has 0 aromatic heterocycles. The highest BCUT2D eigenvalue weighted by molar-refractivity contribution is 5.98. The summed E-state index contributed by atoms with van der Waals surface area (Å²) >= 11 is 0. The maximum atomic E-state index is 14.8. The van der Waals surface area contributed by atoms with Gasteiger partial charge < -0.3 is 10.6 Å². The van der Waals surface area contributed by atoms with Crippen molar-refractivity contribution in [3.05, 3.63) is 64.5 Å². The predicted octanol–water partition coefficient (Wildman–Crippen LogP) is 3.95. The average Bonchev–Trinajstić information content (AvgIpc) is 2.64. The molecule has 132 valence electrons.